The minimum Gasteiger partial charge on any atom is -0.451 e. The molecule has 0 bridgehead atoms. The van der Waals surface area contributed by atoms with Gasteiger partial charge in [0.05, 0.1) is 5.52 Å². The third-order valence-electron chi connectivity index (χ3n) is 3.38. The van der Waals surface area contributed by atoms with Crippen molar-refractivity contribution in [3.63, 3.8) is 0 Å². The lowest BCUT2D eigenvalue weighted by atomic mass is 10.0. The summed E-state index contributed by atoms with van der Waals surface area (Å²) in [6.45, 7) is 0.288. The number of hydrogen-bond donors (Lipinski definition) is 0. The smallest absolute Gasteiger partial charge is 0.294 e. The first-order valence-corrected chi connectivity index (χ1v) is 6.83. The maximum Gasteiger partial charge on any atom is 0.294 e. The van der Waals surface area contributed by atoms with Crippen molar-refractivity contribution in [3.8, 4) is 0 Å². The van der Waals surface area contributed by atoms with Crippen LogP contribution in [-0.4, -0.2) is 17.2 Å². The molecule has 1 heterocycles. The Bertz CT molecular complexity index is 815. The normalized spacial score (nSPS) is 11.8. The van der Waals surface area contributed by atoms with Crippen molar-refractivity contribution in [2.45, 2.75) is 6.10 Å². The van der Waals surface area contributed by atoms with Crippen LogP contribution in [0.2, 0.25) is 0 Å². The molecule has 0 radical (unpaired) electrons. The van der Waals surface area contributed by atoms with Crippen LogP contribution in [0, 0.1) is 0 Å². The number of rotatable bonds is 5. The SMILES string of the molecule is O=COC(C(=O)c1ccc2ccccc2n1)c1ccccc1. The zero-order valence-electron chi connectivity index (χ0n) is 11.7. The molecule has 1 atom stereocenters. The summed E-state index contributed by atoms with van der Waals surface area (Å²) in [6, 6.07) is 19.9. The third kappa shape index (κ3) is 2.72. The number of ether oxygens (including phenoxy) is 1. The predicted molar refractivity (Wildman–Crippen MR) is 82.4 cm³/mol. The molecule has 0 aliphatic heterocycles. The lowest BCUT2D eigenvalue weighted by Crippen LogP contribution is -2.17. The Morgan fingerprint density at radius 1 is 0.955 bits per heavy atom. The van der Waals surface area contributed by atoms with E-state index in [9.17, 15) is 9.59 Å². The van der Waals surface area contributed by atoms with Crippen molar-refractivity contribution in [1.82, 2.24) is 4.98 Å². The highest BCUT2D eigenvalue weighted by atomic mass is 16.5. The lowest BCUT2D eigenvalue weighted by Gasteiger charge is -2.14. The summed E-state index contributed by atoms with van der Waals surface area (Å²) in [4.78, 5) is 27.7. The molecule has 108 valence electrons. The molecule has 4 heteroatoms. The van der Waals surface area contributed by atoms with Gasteiger partial charge in [-0.05, 0) is 12.1 Å². The van der Waals surface area contributed by atoms with Crippen molar-refractivity contribution in [2.24, 2.45) is 0 Å². The van der Waals surface area contributed by atoms with Crippen molar-refractivity contribution in [1.29, 1.82) is 0 Å². The molecule has 0 aliphatic rings. The number of hydrogen-bond acceptors (Lipinski definition) is 4. The number of pyridine rings is 1. The summed E-state index contributed by atoms with van der Waals surface area (Å²) in [5.74, 6) is -0.343. The second-order valence-corrected chi connectivity index (χ2v) is 4.78. The van der Waals surface area contributed by atoms with E-state index in [1.807, 2.05) is 36.4 Å². The van der Waals surface area contributed by atoms with Gasteiger partial charge in [-0.3, -0.25) is 9.59 Å². The third-order valence-corrected chi connectivity index (χ3v) is 3.38. The van der Waals surface area contributed by atoms with E-state index in [0.29, 0.717) is 5.56 Å². The molecule has 0 saturated heterocycles. The summed E-state index contributed by atoms with van der Waals surface area (Å²) >= 11 is 0. The molecular formula is C18H13NO3. The van der Waals surface area contributed by atoms with Gasteiger partial charge >= 0.3 is 0 Å². The van der Waals surface area contributed by atoms with Gasteiger partial charge in [0.25, 0.3) is 6.47 Å². The fraction of sp³-hybridized carbons (Fsp3) is 0.0556. The zero-order valence-corrected chi connectivity index (χ0v) is 11.7. The number of ketones is 1. The summed E-state index contributed by atoms with van der Waals surface area (Å²) in [6.07, 6.45) is -0.979. The Kier molecular flexibility index (Phi) is 3.92. The molecule has 2 aromatic carbocycles. The molecule has 3 aromatic rings. The van der Waals surface area contributed by atoms with E-state index < -0.39 is 6.10 Å². The molecule has 0 saturated carbocycles. The number of benzene rings is 2. The van der Waals surface area contributed by atoms with Gasteiger partial charge in [-0.1, -0.05) is 54.6 Å². The second-order valence-electron chi connectivity index (χ2n) is 4.78. The zero-order chi connectivity index (χ0) is 15.4. The van der Waals surface area contributed by atoms with Gasteiger partial charge in [0.1, 0.15) is 5.69 Å². The van der Waals surface area contributed by atoms with Gasteiger partial charge in [0.2, 0.25) is 5.78 Å². The Hall–Kier alpha value is -3.01. The highest BCUT2D eigenvalue weighted by Crippen LogP contribution is 2.22. The van der Waals surface area contributed by atoms with Crippen LogP contribution < -0.4 is 0 Å². The molecule has 22 heavy (non-hydrogen) atoms. The quantitative estimate of drug-likeness (QED) is 0.534. The van der Waals surface area contributed by atoms with Crippen LogP contribution in [0.25, 0.3) is 10.9 Å². The van der Waals surface area contributed by atoms with Crippen LogP contribution in [-0.2, 0) is 9.53 Å². The fourth-order valence-corrected chi connectivity index (χ4v) is 2.31. The predicted octanol–water partition coefficient (Wildman–Crippen LogP) is 3.33. The van der Waals surface area contributed by atoms with E-state index in [0.717, 1.165) is 10.9 Å². The molecule has 0 spiro atoms. The maximum atomic E-state index is 12.6. The van der Waals surface area contributed by atoms with Gasteiger partial charge < -0.3 is 4.74 Å². The fourth-order valence-electron chi connectivity index (χ4n) is 2.31. The van der Waals surface area contributed by atoms with Crippen molar-refractivity contribution < 1.29 is 14.3 Å². The molecule has 0 fully saturated rings. The Morgan fingerprint density at radius 2 is 1.68 bits per heavy atom. The largest absolute Gasteiger partial charge is 0.451 e. The number of Topliss-reactive ketones (excluding diaryl/α,β-unsaturated/α-hetero) is 1. The van der Waals surface area contributed by atoms with Gasteiger partial charge in [-0.2, -0.15) is 0 Å². The number of carbonyl (C=O) groups is 2. The van der Waals surface area contributed by atoms with Gasteiger partial charge in [-0.25, -0.2) is 4.98 Å². The van der Waals surface area contributed by atoms with E-state index in [-0.39, 0.29) is 17.9 Å². The molecule has 1 aromatic heterocycles. The lowest BCUT2D eigenvalue weighted by molar-refractivity contribution is -0.132. The number of carbonyl (C=O) groups excluding carboxylic acids is 2. The molecule has 0 N–H and O–H groups in total. The first-order valence-electron chi connectivity index (χ1n) is 6.83. The average molecular weight is 291 g/mol. The molecule has 0 amide bonds. The van der Waals surface area contributed by atoms with Crippen LogP contribution in [0.5, 0.6) is 0 Å². The Morgan fingerprint density at radius 3 is 2.45 bits per heavy atom. The number of aromatic nitrogens is 1. The number of para-hydroxylation sites is 1. The van der Waals surface area contributed by atoms with E-state index >= 15 is 0 Å². The van der Waals surface area contributed by atoms with Crippen molar-refractivity contribution in [2.75, 3.05) is 0 Å². The van der Waals surface area contributed by atoms with E-state index in [4.69, 9.17) is 4.74 Å². The van der Waals surface area contributed by atoms with Crippen LogP contribution >= 0.6 is 0 Å². The molecular weight excluding hydrogens is 278 g/mol. The van der Waals surface area contributed by atoms with E-state index in [1.54, 1.807) is 30.3 Å². The standard InChI is InChI=1S/C18H13NO3/c20-12-22-18(14-7-2-1-3-8-14)17(21)16-11-10-13-6-4-5-9-15(13)19-16/h1-12,18H. The molecule has 0 aliphatic carbocycles. The topological polar surface area (TPSA) is 56.3 Å². The van der Waals surface area contributed by atoms with Crippen molar-refractivity contribution in [3.05, 3.63) is 78.0 Å². The average Bonchev–Trinajstić information content (AvgIpc) is 2.59. The highest BCUT2D eigenvalue weighted by molar-refractivity contribution is 6.00. The number of fused-ring (bicyclic) bond motifs is 1. The monoisotopic (exact) mass is 291 g/mol. The second kappa shape index (κ2) is 6.18. The summed E-state index contributed by atoms with van der Waals surface area (Å²) in [5, 5.41) is 0.951. The van der Waals surface area contributed by atoms with E-state index in [2.05, 4.69) is 4.98 Å². The maximum absolute atomic E-state index is 12.6. The van der Waals surface area contributed by atoms with E-state index in [1.165, 1.54) is 0 Å². The minimum absolute atomic E-state index is 0.273. The summed E-state index contributed by atoms with van der Waals surface area (Å²) < 4.78 is 4.99. The number of nitrogens with zero attached hydrogens (tertiary/aromatic N) is 1. The van der Waals surface area contributed by atoms with Gasteiger partial charge in [0, 0.05) is 10.9 Å². The van der Waals surface area contributed by atoms with Crippen LogP contribution in [0.15, 0.2) is 66.7 Å². The van der Waals surface area contributed by atoms with Crippen LogP contribution in [0.3, 0.4) is 0 Å². The molecule has 3 rings (SSSR count). The van der Waals surface area contributed by atoms with Crippen LogP contribution in [0.1, 0.15) is 22.2 Å². The summed E-state index contributed by atoms with van der Waals surface area (Å²) in [5.41, 5.74) is 1.62. The summed E-state index contributed by atoms with van der Waals surface area (Å²) in [7, 11) is 0. The minimum atomic E-state index is -0.979. The Balaban J connectivity index is 2.00. The van der Waals surface area contributed by atoms with Gasteiger partial charge in [0.15, 0.2) is 6.10 Å². The van der Waals surface area contributed by atoms with Gasteiger partial charge in [-0.15, -0.1) is 0 Å². The highest BCUT2D eigenvalue weighted by Gasteiger charge is 2.24. The Labute approximate surface area is 127 Å². The van der Waals surface area contributed by atoms with Crippen LogP contribution in [0.4, 0.5) is 0 Å². The molecule has 1 unspecified atom stereocenters. The molecule has 4 nitrogen and oxygen atoms in total. The first-order chi connectivity index (χ1) is 10.8. The first kappa shape index (κ1) is 13.9. The van der Waals surface area contributed by atoms with Crippen molar-refractivity contribution >= 4 is 23.2 Å².